The highest BCUT2D eigenvalue weighted by molar-refractivity contribution is 9.10. The fourth-order valence-corrected chi connectivity index (χ4v) is 2.48. The molecule has 0 amide bonds. The highest BCUT2D eigenvalue weighted by Gasteiger charge is 2.05. The molecule has 90 valence electrons. The van der Waals surface area contributed by atoms with Gasteiger partial charge in [-0.2, -0.15) is 0 Å². The first-order valence-electron chi connectivity index (χ1n) is 5.09. The second-order valence-corrected chi connectivity index (χ2v) is 5.36. The van der Waals surface area contributed by atoms with Crippen molar-refractivity contribution in [2.75, 3.05) is 12.3 Å². The number of hydrogen-bond acceptors (Lipinski definition) is 5. The summed E-state index contributed by atoms with van der Waals surface area (Å²) >= 11 is 4.94. The average Bonchev–Trinajstić information content (AvgIpc) is 2.68. The molecule has 0 aliphatic heterocycles. The van der Waals surface area contributed by atoms with Crippen molar-refractivity contribution in [1.82, 2.24) is 9.97 Å². The van der Waals surface area contributed by atoms with Gasteiger partial charge >= 0.3 is 0 Å². The number of aryl methyl sites for hydroxylation is 1. The SMILES string of the molecule is Cc1ncsc1CCOc1ncc(Br)cc1N. The van der Waals surface area contributed by atoms with E-state index in [1.807, 2.05) is 12.4 Å². The maximum Gasteiger partial charge on any atom is 0.237 e. The molecule has 0 fully saturated rings. The molecule has 0 spiro atoms. The van der Waals surface area contributed by atoms with Crippen LogP contribution in [0.4, 0.5) is 5.69 Å². The molecular formula is C11H12BrN3OS. The van der Waals surface area contributed by atoms with Gasteiger partial charge in [0.1, 0.15) is 0 Å². The van der Waals surface area contributed by atoms with E-state index in [9.17, 15) is 0 Å². The Labute approximate surface area is 112 Å². The fourth-order valence-electron chi connectivity index (χ4n) is 1.37. The molecule has 0 atom stereocenters. The lowest BCUT2D eigenvalue weighted by Gasteiger charge is -2.07. The minimum absolute atomic E-state index is 0.482. The van der Waals surface area contributed by atoms with Crippen LogP contribution >= 0.6 is 27.3 Å². The average molecular weight is 314 g/mol. The molecule has 0 aliphatic carbocycles. The van der Waals surface area contributed by atoms with Crippen LogP contribution < -0.4 is 10.5 Å². The number of hydrogen-bond donors (Lipinski definition) is 1. The first-order chi connectivity index (χ1) is 8.16. The summed E-state index contributed by atoms with van der Waals surface area (Å²) in [6.07, 6.45) is 2.50. The van der Waals surface area contributed by atoms with Crippen molar-refractivity contribution in [2.45, 2.75) is 13.3 Å². The van der Waals surface area contributed by atoms with Crippen molar-refractivity contribution in [3.63, 3.8) is 0 Å². The standard InChI is InChI=1S/C11H12BrN3OS/c1-7-10(17-6-15-7)2-3-16-11-9(13)4-8(12)5-14-11/h4-6H,2-3,13H2,1H3. The zero-order chi connectivity index (χ0) is 12.3. The summed E-state index contributed by atoms with van der Waals surface area (Å²) in [7, 11) is 0. The van der Waals surface area contributed by atoms with Crippen LogP contribution in [0.1, 0.15) is 10.6 Å². The summed E-state index contributed by atoms with van der Waals surface area (Å²) in [5.74, 6) is 0.482. The van der Waals surface area contributed by atoms with Crippen molar-refractivity contribution in [3.05, 3.63) is 32.8 Å². The Kier molecular flexibility index (Phi) is 3.96. The second-order valence-electron chi connectivity index (χ2n) is 3.51. The van der Waals surface area contributed by atoms with E-state index in [1.165, 1.54) is 4.88 Å². The number of anilines is 1. The van der Waals surface area contributed by atoms with Gasteiger partial charge < -0.3 is 10.5 Å². The molecule has 0 saturated heterocycles. The van der Waals surface area contributed by atoms with E-state index in [1.54, 1.807) is 23.6 Å². The van der Waals surface area contributed by atoms with Crippen LogP contribution in [0.5, 0.6) is 5.88 Å². The maximum atomic E-state index is 5.78. The maximum absolute atomic E-state index is 5.78. The van der Waals surface area contributed by atoms with Crippen LogP contribution in [0, 0.1) is 6.92 Å². The van der Waals surface area contributed by atoms with Crippen LogP contribution in [0.2, 0.25) is 0 Å². The van der Waals surface area contributed by atoms with Crippen LogP contribution in [0.15, 0.2) is 22.2 Å². The Morgan fingerprint density at radius 3 is 2.94 bits per heavy atom. The molecule has 2 heterocycles. The minimum atomic E-state index is 0.482. The number of thiazole rings is 1. The number of halogens is 1. The number of aromatic nitrogens is 2. The summed E-state index contributed by atoms with van der Waals surface area (Å²) < 4.78 is 6.39. The van der Waals surface area contributed by atoms with Gasteiger partial charge in [-0.15, -0.1) is 11.3 Å². The Hall–Kier alpha value is -1.14. The lowest BCUT2D eigenvalue weighted by Crippen LogP contribution is -2.04. The third-order valence-corrected chi connectivity index (χ3v) is 3.69. The highest BCUT2D eigenvalue weighted by Crippen LogP contribution is 2.22. The van der Waals surface area contributed by atoms with Gasteiger partial charge in [0.05, 0.1) is 23.5 Å². The third-order valence-electron chi connectivity index (χ3n) is 2.26. The monoisotopic (exact) mass is 313 g/mol. The number of nitrogens with two attached hydrogens (primary N) is 1. The van der Waals surface area contributed by atoms with E-state index < -0.39 is 0 Å². The Morgan fingerprint density at radius 2 is 2.29 bits per heavy atom. The molecule has 2 aromatic rings. The van der Waals surface area contributed by atoms with Crippen molar-refractivity contribution >= 4 is 33.0 Å². The first-order valence-corrected chi connectivity index (χ1v) is 6.77. The summed E-state index contributed by atoms with van der Waals surface area (Å²) in [6.45, 7) is 2.56. The zero-order valence-corrected chi connectivity index (χ0v) is 11.7. The number of rotatable bonds is 4. The van der Waals surface area contributed by atoms with Gasteiger partial charge in [0, 0.05) is 22.0 Å². The lowest BCUT2D eigenvalue weighted by molar-refractivity contribution is 0.312. The van der Waals surface area contributed by atoms with E-state index in [-0.39, 0.29) is 0 Å². The van der Waals surface area contributed by atoms with Crippen molar-refractivity contribution in [2.24, 2.45) is 0 Å². The van der Waals surface area contributed by atoms with Gasteiger partial charge in [0.25, 0.3) is 0 Å². The third kappa shape index (κ3) is 3.17. The Balaban J connectivity index is 1.92. The predicted molar refractivity (Wildman–Crippen MR) is 72.4 cm³/mol. The number of pyridine rings is 1. The quantitative estimate of drug-likeness (QED) is 0.942. The van der Waals surface area contributed by atoms with Crippen LogP contribution in [-0.4, -0.2) is 16.6 Å². The predicted octanol–water partition coefficient (Wildman–Crippen LogP) is 2.81. The summed E-state index contributed by atoms with van der Waals surface area (Å²) in [4.78, 5) is 9.54. The van der Waals surface area contributed by atoms with E-state index in [0.717, 1.165) is 16.6 Å². The number of ether oxygens (including phenoxy) is 1. The summed E-state index contributed by atoms with van der Waals surface area (Å²) in [5.41, 5.74) is 9.23. The van der Waals surface area contributed by atoms with Gasteiger partial charge in [0.15, 0.2) is 0 Å². The molecule has 0 radical (unpaired) electrons. The van der Waals surface area contributed by atoms with E-state index in [4.69, 9.17) is 10.5 Å². The van der Waals surface area contributed by atoms with Crippen molar-refractivity contribution < 1.29 is 4.74 Å². The largest absolute Gasteiger partial charge is 0.476 e. The molecule has 0 saturated carbocycles. The zero-order valence-electron chi connectivity index (χ0n) is 9.31. The van der Waals surface area contributed by atoms with E-state index in [2.05, 4.69) is 25.9 Å². The smallest absolute Gasteiger partial charge is 0.237 e. The summed E-state index contributed by atoms with van der Waals surface area (Å²) in [6, 6.07) is 1.78. The van der Waals surface area contributed by atoms with E-state index >= 15 is 0 Å². The van der Waals surface area contributed by atoms with Gasteiger partial charge in [-0.1, -0.05) is 0 Å². The molecule has 0 aromatic carbocycles. The topological polar surface area (TPSA) is 61.0 Å². The molecule has 17 heavy (non-hydrogen) atoms. The molecule has 4 nitrogen and oxygen atoms in total. The first kappa shape index (κ1) is 12.3. The lowest BCUT2D eigenvalue weighted by atomic mass is 10.3. The molecule has 6 heteroatoms. The molecule has 0 bridgehead atoms. The van der Waals surface area contributed by atoms with Crippen LogP contribution in [0.25, 0.3) is 0 Å². The van der Waals surface area contributed by atoms with Crippen LogP contribution in [0.3, 0.4) is 0 Å². The molecule has 2 aromatic heterocycles. The Morgan fingerprint density at radius 1 is 1.47 bits per heavy atom. The van der Waals surface area contributed by atoms with Crippen molar-refractivity contribution in [1.29, 1.82) is 0 Å². The van der Waals surface area contributed by atoms with Crippen molar-refractivity contribution in [3.8, 4) is 5.88 Å². The molecule has 0 aliphatic rings. The summed E-state index contributed by atoms with van der Waals surface area (Å²) in [5, 5.41) is 0. The highest BCUT2D eigenvalue weighted by atomic mass is 79.9. The fraction of sp³-hybridized carbons (Fsp3) is 0.273. The van der Waals surface area contributed by atoms with Gasteiger partial charge in [0.2, 0.25) is 5.88 Å². The molecule has 2 rings (SSSR count). The Bertz CT molecular complexity index is 515. The minimum Gasteiger partial charge on any atom is -0.476 e. The molecule has 2 N–H and O–H groups in total. The van der Waals surface area contributed by atoms with Gasteiger partial charge in [-0.3, -0.25) is 0 Å². The van der Waals surface area contributed by atoms with Crippen LogP contribution in [-0.2, 0) is 6.42 Å². The van der Waals surface area contributed by atoms with Gasteiger partial charge in [-0.05, 0) is 28.9 Å². The van der Waals surface area contributed by atoms with Gasteiger partial charge in [-0.25, -0.2) is 9.97 Å². The number of nitrogen functional groups attached to an aromatic ring is 1. The second kappa shape index (κ2) is 5.46. The molecule has 0 unspecified atom stereocenters. The van der Waals surface area contributed by atoms with E-state index in [0.29, 0.717) is 18.2 Å². The number of nitrogens with zero attached hydrogens (tertiary/aromatic N) is 2. The molecular weight excluding hydrogens is 302 g/mol. The normalized spacial score (nSPS) is 10.5.